The first-order chi connectivity index (χ1) is 13.9. The molecule has 0 atom stereocenters. The van der Waals surface area contributed by atoms with E-state index in [9.17, 15) is 14.4 Å². The predicted molar refractivity (Wildman–Crippen MR) is 113 cm³/mol. The molecule has 0 aliphatic heterocycles. The van der Waals surface area contributed by atoms with Crippen LogP contribution in [0.5, 0.6) is 5.75 Å². The molecule has 0 bridgehead atoms. The topological polar surface area (TPSA) is 106 Å². The third-order valence-electron chi connectivity index (χ3n) is 3.40. The maximum atomic E-state index is 12.1. The van der Waals surface area contributed by atoms with Crippen molar-refractivity contribution in [2.24, 2.45) is 0 Å². The van der Waals surface area contributed by atoms with Gasteiger partial charge >= 0.3 is 5.97 Å². The number of ether oxygens (including phenoxy) is 2. The van der Waals surface area contributed by atoms with Crippen molar-refractivity contribution in [3.05, 3.63) is 64.1 Å². The normalized spacial score (nSPS) is 9.86. The smallest absolute Gasteiger partial charge is 0.338 e. The average molecular weight is 480 g/mol. The lowest BCUT2D eigenvalue weighted by atomic mass is 10.2. The molecule has 2 rings (SSSR count). The van der Waals surface area contributed by atoms with E-state index in [4.69, 9.17) is 21.7 Å². The predicted octanol–water partition coefficient (Wildman–Crippen LogP) is 2.34. The maximum absolute atomic E-state index is 12.1. The zero-order valence-corrected chi connectivity index (χ0v) is 17.8. The fraction of sp³-hybridized carbons (Fsp3) is 0.158. The molecule has 0 radical (unpaired) electrons. The summed E-state index contributed by atoms with van der Waals surface area (Å²) in [7, 11) is 0. The third-order valence-corrected chi connectivity index (χ3v) is 4.29. The third kappa shape index (κ3) is 7.16. The minimum atomic E-state index is -0.517. The van der Waals surface area contributed by atoms with Gasteiger partial charge in [0.1, 0.15) is 5.75 Å². The number of carbonyl (C=O) groups excluding carboxylic acids is 3. The largest absolute Gasteiger partial charge is 0.484 e. The van der Waals surface area contributed by atoms with Gasteiger partial charge in [-0.2, -0.15) is 0 Å². The summed E-state index contributed by atoms with van der Waals surface area (Å²) in [6.07, 6.45) is 0. The van der Waals surface area contributed by atoms with Gasteiger partial charge < -0.3 is 9.47 Å². The lowest BCUT2D eigenvalue weighted by Crippen LogP contribution is -2.49. The SMILES string of the molecule is CCOC(=O)c1ccc(OCC(=O)NNC(=S)NC(=O)c2ccccc2Br)cc1. The molecule has 0 spiro atoms. The highest BCUT2D eigenvalue weighted by atomic mass is 79.9. The molecular weight excluding hydrogens is 462 g/mol. The molecule has 0 aliphatic carbocycles. The number of benzene rings is 2. The van der Waals surface area contributed by atoms with Crippen molar-refractivity contribution in [1.82, 2.24) is 16.2 Å². The standard InChI is InChI=1S/C19H18BrN3O5S/c1-2-27-18(26)12-7-9-13(10-8-12)28-11-16(24)22-23-19(29)21-17(25)14-5-3-4-6-15(14)20/h3-10H,2,11H2,1H3,(H,22,24)(H2,21,23,25,29). The van der Waals surface area contributed by atoms with Crippen LogP contribution in [-0.4, -0.2) is 36.1 Å². The van der Waals surface area contributed by atoms with Crippen LogP contribution >= 0.6 is 28.1 Å². The van der Waals surface area contributed by atoms with Crippen LogP contribution in [0.1, 0.15) is 27.6 Å². The van der Waals surface area contributed by atoms with E-state index >= 15 is 0 Å². The van der Waals surface area contributed by atoms with Crippen molar-refractivity contribution in [2.45, 2.75) is 6.92 Å². The Kier molecular flexibility index (Phi) is 8.56. The number of nitrogens with one attached hydrogen (secondary N) is 3. The Bertz CT molecular complexity index is 905. The van der Waals surface area contributed by atoms with Gasteiger partial charge in [-0.1, -0.05) is 12.1 Å². The van der Waals surface area contributed by atoms with Crippen molar-refractivity contribution < 1.29 is 23.9 Å². The summed E-state index contributed by atoms with van der Waals surface area (Å²) in [5.41, 5.74) is 5.52. The zero-order chi connectivity index (χ0) is 21.2. The van der Waals surface area contributed by atoms with Gasteiger partial charge in [0.25, 0.3) is 11.8 Å². The quantitative estimate of drug-likeness (QED) is 0.331. The van der Waals surface area contributed by atoms with Gasteiger partial charge in [0.15, 0.2) is 11.7 Å². The van der Waals surface area contributed by atoms with Crippen LogP contribution in [-0.2, 0) is 9.53 Å². The van der Waals surface area contributed by atoms with Gasteiger partial charge in [0, 0.05) is 4.47 Å². The number of esters is 1. The van der Waals surface area contributed by atoms with Crippen LogP contribution in [0.2, 0.25) is 0 Å². The molecule has 0 unspecified atom stereocenters. The molecule has 2 aromatic rings. The highest BCUT2D eigenvalue weighted by molar-refractivity contribution is 9.10. The van der Waals surface area contributed by atoms with Gasteiger partial charge in [-0.25, -0.2) is 4.79 Å². The molecule has 8 nitrogen and oxygen atoms in total. The number of amides is 2. The number of carbonyl (C=O) groups is 3. The lowest BCUT2D eigenvalue weighted by molar-refractivity contribution is -0.123. The summed E-state index contributed by atoms with van der Waals surface area (Å²) < 4.78 is 10.8. The molecule has 29 heavy (non-hydrogen) atoms. The fourth-order valence-corrected chi connectivity index (χ4v) is 2.67. The molecule has 0 heterocycles. The summed E-state index contributed by atoms with van der Waals surface area (Å²) in [6.45, 7) is 1.71. The number of thiocarbonyl (C=S) groups is 1. The van der Waals surface area contributed by atoms with Crippen LogP contribution in [0, 0.1) is 0 Å². The van der Waals surface area contributed by atoms with Crippen molar-refractivity contribution in [1.29, 1.82) is 0 Å². The zero-order valence-electron chi connectivity index (χ0n) is 15.4. The van der Waals surface area contributed by atoms with Crippen LogP contribution in [0.3, 0.4) is 0 Å². The molecule has 10 heteroatoms. The Hall–Kier alpha value is -2.98. The van der Waals surface area contributed by atoms with Crippen molar-refractivity contribution in [2.75, 3.05) is 13.2 Å². The van der Waals surface area contributed by atoms with Gasteiger partial charge in [0.2, 0.25) is 0 Å². The van der Waals surface area contributed by atoms with Gasteiger partial charge in [0.05, 0.1) is 17.7 Å². The van der Waals surface area contributed by atoms with E-state index in [1.54, 1.807) is 43.3 Å². The van der Waals surface area contributed by atoms with E-state index in [2.05, 4.69) is 32.1 Å². The fourth-order valence-electron chi connectivity index (χ4n) is 2.06. The number of hydrazine groups is 1. The van der Waals surface area contributed by atoms with E-state index in [0.29, 0.717) is 21.3 Å². The van der Waals surface area contributed by atoms with Gasteiger partial charge in [-0.3, -0.25) is 25.8 Å². The summed E-state index contributed by atoms with van der Waals surface area (Å²) in [5, 5.41) is 2.37. The van der Waals surface area contributed by atoms with Crippen molar-refractivity contribution in [3.63, 3.8) is 0 Å². The molecule has 0 fully saturated rings. The van der Waals surface area contributed by atoms with E-state index in [1.165, 1.54) is 12.1 Å². The van der Waals surface area contributed by atoms with Crippen LogP contribution in [0.4, 0.5) is 0 Å². The summed E-state index contributed by atoms with van der Waals surface area (Å²) >= 11 is 8.25. The Morgan fingerprint density at radius 2 is 1.72 bits per heavy atom. The molecule has 0 saturated carbocycles. The molecule has 0 aromatic heterocycles. The van der Waals surface area contributed by atoms with Gasteiger partial charge in [-0.05, 0) is 71.5 Å². The summed E-state index contributed by atoms with van der Waals surface area (Å²) in [6, 6.07) is 13.0. The van der Waals surface area contributed by atoms with E-state index < -0.39 is 17.8 Å². The second-order valence-corrected chi connectivity index (χ2v) is 6.73. The monoisotopic (exact) mass is 479 g/mol. The first-order valence-electron chi connectivity index (χ1n) is 8.45. The first kappa shape index (κ1) is 22.3. The molecule has 152 valence electrons. The average Bonchev–Trinajstić information content (AvgIpc) is 2.71. The minimum absolute atomic E-state index is 0.0714. The summed E-state index contributed by atoms with van der Waals surface area (Å²) in [5.74, 6) is -0.976. The molecule has 0 aliphatic rings. The Morgan fingerprint density at radius 3 is 2.38 bits per heavy atom. The number of halogens is 1. The Balaban J connectivity index is 1.74. The van der Waals surface area contributed by atoms with E-state index in [-0.39, 0.29) is 18.3 Å². The molecule has 3 N–H and O–H groups in total. The second kappa shape index (κ2) is 11.1. The highest BCUT2D eigenvalue weighted by Gasteiger charge is 2.12. The number of hydrogen-bond acceptors (Lipinski definition) is 6. The summed E-state index contributed by atoms with van der Waals surface area (Å²) in [4.78, 5) is 35.5. The van der Waals surface area contributed by atoms with Crippen LogP contribution < -0.4 is 20.9 Å². The number of hydrogen-bond donors (Lipinski definition) is 3. The Morgan fingerprint density at radius 1 is 1.03 bits per heavy atom. The molecular formula is C19H18BrN3O5S. The molecule has 0 saturated heterocycles. The van der Waals surface area contributed by atoms with Crippen molar-refractivity contribution >= 4 is 51.0 Å². The van der Waals surface area contributed by atoms with Gasteiger partial charge in [-0.15, -0.1) is 0 Å². The lowest BCUT2D eigenvalue weighted by Gasteiger charge is -2.12. The molecule has 2 aromatic carbocycles. The minimum Gasteiger partial charge on any atom is -0.484 e. The highest BCUT2D eigenvalue weighted by Crippen LogP contribution is 2.15. The number of rotatable bonds is 6. The van der Waals surface area contributed by atoms with Crippen LogP contribution in [0.25, 0.3) is 0 Å². The van der Waals surface area contributed by atoms with E-state index in [1.807, 2.05) is 0 Å². The first-order valence-corrected chi connectivity index (χ1v) is 9.65. The van der Waals surface area contributed by atoms with Crippen molar-refractivity contribution in [3.8, 4) is 5.75 Å². The molecule has 2 amide bonds. The van der Waals surface area contributed by atoms with E-state index in [0.717, 1.165) is 0 Å². The van der Waals surface area contributed by atoms with Crippen LogP contribution in [0.15, 0.2) is 53.0 Å². The Labute approximate surface area is 181 Å². The maximum Gasteiger partial charge on any atom is 0.338 e. The second-order valence-electron chi connectivity index (χ2n) is 5.47.